The Hall–Kier alpha value is -3.22. The number of nitrogens with zero attached hydrogens (tertiary/aromatic N) is 3. The molecule has 146 valence electrons. The van der Waals surface area contributed by atoms with Crippen molar-refractivity contribution in [3.63, 3.8) is 0 Å². The Kier molecular flexibility index (Phi) is 6.37. The molecule has 0 bridgehead atoms. The molecule has 2 aromatic rings. The quantitative estimate of drug-likeness (QED) is 0.337. The normalized spacial score (nSPS) is 16.1. The Bertz CT molecular complexity index is 904. The molecule has 1 unspecified atom stereocenters. The van der Waals surface area contributed by atoms with Crippen molar-refractivity contribution in [2.24, 2.45) is 0 Å². The lowest BCUT2D eigenvalue weighted by Crippen LogP contribution is -2.22. The van der Waals surface area contributed by atoms with Crippen molar-refractivity contribution in [2.75, 3.05) is 20.3 Å². The Labute approximate surface area is 161 Å². The predicted molar refractivity (Wildman–Crippen MR) is 98.0 cm³/mol. The third-order valence-corrected chi connectivity index (χ3v) is 4.13. The van der Waals surface area contributed by atoms with Crippen molar-refractivity contribution in [1.29, 1.82) is 0 Å². The van der Waals surface area contributed by atoms with Gasteiger partial charge in [0.1, 0.15) is 12.8 Å². The van der Waals surface area contributed by atoms with Crippen LogP contribution in [0.25, 0.3) is 5.69 Å². The van der Waals surface area contributed by atoms with Gasteiger partial charge in [-0.15, -0.1) is 0 Å². The number of methoxy groups -OCH3 is 1. The fourth-order valence-electron chi connectivity index (χ4n) is 2.68. The molecule has 1 aromatic heterocycles. The monoisotopic (exact) mass is 385 g/mol. The number of benzene rings is 1. The van der Waals surface area contributed by atoms with E-state index in [2.05, 4.69) is 21.7 Å². The van der Waals surface area contributed by atoms with Crippen LogP contribution in [0.2, 0.25) is 0 Å². The van der Waals surface area contributed by atoms with Gasteiger partial charge in [-0.25, -0.2) is 9.48 Å². The molecule has 0 aliphatic carbocycles. The van der Waals surface area contributed by atoms with Gasteiger partial charge in [0.2, 0.25) is 5.69 Å². The van der Waals surface area contributed by atoms with E-state index in [0.717, 1.165) is 19.3 Å². The van der Waals surface area contributed by atoms with Gasteiger partial charge < -0.3 is 14.2 Å². The van der Waals surface area contributed by atoms with Crippen molar-refractivity contribution >= 4 is 11.7 Å². The van der Waals surface area contributed by atoms with E-state index < -0.39 is 10.9 Å². The molecule has 0 N–H and O–H groups in total. The highest BCUT2D eigenvalue weighted by atomic mass is 16.7. The summed E-state index contributed by atoms with van der Waals surface area (Å²) in [5.41, 5.74) is 0.749. The summed E-state index contributed by atoms with van der Waals surface area (Å²) in [6, 6.07) is 6.34. The first-order valence-electron chi connectivity index (χ1n) is 8.73. The lowest BCUT2D eigenvalue weighted by atomic mass is 10.2. The summed E-state index contributed by atoms with van der Waals surface area (Å²) in [7, 11) is 1.29. The third-order valence-electron chi connectivity index (χ3n) is 4.13. The SMILES string of the molecule is COC(=O)c1ccc(-n2cc([N+](=O)[O-])c(C#CCOC3CCCCO3)n2)cc1. The maximum Gasteiger partial charge on any atom is 0.337 e. The number of carbonyl (C=O) groups is 1. The van der Waals surface area contributed by atoms with Gasteiger partial charge in [-0.1, -0.05) is 5.92 Å². The summed E-state index contributed by atoms with van der Waals surface area (Å²) >= 11 is 0. The molecule has 0 amide bonds. The molecule has 2 heterocycles. The van der Waals surface area contributed by atoms with Crippen molar-refractivity contribution in [2.45, 2.75) is 25.6 Å². The molecule has 9 nitrogen and oxygen atoms in total. The van der Waals surface area contributed by atoms with Crippen molar-refractivity contribution in [3.05, 3.63) is 51.8 Å². The number of hydrogen-bond acceptors (Lipinski definition) is 7. The van der Waals surface area contributed by atoms with Crippen molar-refractivity contribution in [3.8, 4) is 17.5 Å². The van der Waals surface area contributed by atoms with Crippen LogP contribution in [0.1, 0.15) is 35.3 Å². The van der Waals surface area contributed by atoms with E-state index in [4.69, 9.17) is 9.47 Å². The highest BCUT2D eigenvalue weighted by Crippen LogP contribution is 2.19. The van der Waals surface area contributed by atoms with Crippen molar-refractivity contribution < 1.29 is 23.9 Å². The smallest absolute Gasteiger partial charge is 0.337 e. The second kappa shape index (κ2) is 9.12. The summed E-state index contributed by atoms with van der Waals surface area (Å²) in [6.07, 6.45) is 3.89. The van der Waals surface area contributed by atoms with Gasteiger partial charge in [0.05, 0.1) is 23.3 Å². The second-order valence-electron chi connectivity index (χ2n) is 6.01. The van der Waals surface area contributed by atoms with Gasteiger partial charge in [-0.3, -0.25) is 10.1 Å². The molecule has 0 saturated carbocycles. The first-order valence-corrected chi connectivity index (χ1v) is 8.73. The summed E-state index contributed by atoms with van der Waals surface area (Å²) in [5.74, 6) is 4.97. The van der Waals surface area contributed by atoms with Crippen molar-refractivity contribution in [1.82, 2.24) is 9.78 Å². The zero-order valence-corrected chi connectivity index (χ0v) is 15.3. The minimum Gasteiger partial charge on any atom is -0.465 e. The molecule has 0 spiro atoms. The van der Waals surface area contributed by atoms with Crippen LogP contribution in [0.3, 0.4) is 0 Å². The van der Waals surface area contributed by atoms with Crippen LogP contribution in [0.4, 0.5) is 5.69 Å². The Morgan fingerprint density at radius 2 is 2.18 bits per heavy atom. The number of hydrogen-bond donors (Lipinski definition) is 0. The molecule has 28 heavy (non-hydrogen) atoms. The minimum atomic E-state index is -0.540. The maximum absolute atomic E-state index is 11.5. The molecular weight excluding hydrogens is 366 g/mol. The third kappa shape index (κ3) is 4.73. The number of nitro groups is 1. The Morgan fingerprint density at radius 1 is 1.39 bits per heavy atom. The molecule has 1 aromatic carbocycles. The standard InChI is InChI=1S/C19H19N3O6/c1-26-19(23)14-7-9-15(10-8-14)21-13-17(22(24)25)16(20-21)5-4-12-28-18-6-2-3-11-27-18/h7-10,13,18H,2-3,6,11-12H2,1H3. The van der Waals surface area contributed by atoms with E-state index >= 15 is 0 Å². The highest BCUT2D eigenvalue weighted by Gasteiger charge is 2.19. The molecule has 9 heteroatoms. The molecular formula is C19H19N3O6. The number of aromatic nitrogens is 2. The van der Waals surface area contributed by atoms with Crippen LogP contribution >= 0.6 is 0 Å². The first kappa shape index (κ1) is 19.5. The number of ether oxygens (including phenoxy) is 3. The van der Waals surface area contributed by atoms with E-state index in [9.17, 15) is 14.9 Å². The van der Waals surface area contributed by atoms with E-state index in [1.807, 2.05) is 0 Å². The molecule has 1 atom stereocenters. The van der Waals surface area contributed by atoms with Crippen LogP contribution in [-0.4, -0.2) is 47.3 Å². The molecule has 3 rings (SSSR count). The van der Waals surface area contributed by atoms with E-state index in [1.54, 1.807) is 24.3 Å². The molecule has 0 radical (unpaired) electrons. The van der Waals surface area contributed by atoms with Gasteiger partial charge >= 0.3 is 11.7 Å². The maximum atomic E-state index is 11.5. The first-order chi connectivity index (χ1) is 13.6. The Balaban J connectivity index is 1.74. The number of rotatable bonds is 5. The summed E-state index contributed by atoms with van der Waals surface area (Å²) in [5, 5.41) is 15.5. The van der Waals surface area contributed by atoms with Crippen LogP contribution < -0.4 is 0 Å². The zero-order chi connectivity index (χ0) is 19.9. The van der Waals surface area contributed by atoms with Gasteiger partial charge in [-0.2, -0.15) is 5.10 Å². The molecule has 1 fully saturated rings. The topological polar surface area (TPSA) is 106 Å². The van der Waals surface area contributed by atoms with Crippen LogP contribution in [0, 0.1) is 22.0 Å². The largest absolute Gasteiger partial charge is 0.465 e. The van der Waals surface area contributed by atoms with Crippen LogP contribution in [0.5, 0.6) is 0 Å². The van der Waals surface area contributed by atoms with E-state index in [1.165, 1.54) is 18.0 Å². The lowest BCUT2D eigenvalue weighted by Gasteiger charge is -2.21. The van der Waals surface area contributed by atoms with Crippen LogP contribution in [0.15, 0.2) is 30.5 Å². The van der Waals surface area contributed by atoms with Gasteiger partial charge in [0.25, 0.3) is 0 Å². The molecule has 1 aliphatic rings. The van der Waals surface area contributed by atoms with E-state index in [0.29, 0.717) is 17.9 Å². The van der Waals surface area contributed by atoms with Gasteiger partial charge in [-0.05, 0) is 49.4 Å². The Morgan fingerprint density at radius 3 is 2.82 bits per heavy atom. The second-order valence-corrected chi connectivity index (χ2v) is 6.01. The minimum absolute atomic E-state index is 0.0372. The summed E-state index contributed by atoms with van der Waals surface area (Å²) in [6.45, 7) is 0.769. The lowest BCUT2D eigenvalue weighted by molar-refractivity contribution is -0.385. The fraction of sp³-hybridized carbons (Fsp3) is 0.368. The molecule has 1 aliphatic heterocycles. The van der Waals surface area contributed by atoms with Gasteiger partial charge in [0.15, 0.2) is 6.29 Å². The highest BCUT2D eigenvalue weighted by molar-refractivity contribution is 5.89. The average Bonchev–Trinajstić information content (AvgIpc) is 3.16. The van der Waals surface area contributed by atoms with Gasteiger partial charge in [0, 0.05) is 6.61 Å². The number of carbonyl (C=O) groups excluding carboxylic acids is 1. The predicted octanol–water partition coefficient (Wildman–Crippen LogP) is 2.46. The number of esters is 1. The zero-order valence-electron chi connectivity index (χ0n) is 15.3. The summed E-state index contributed by atoms with van der Waals surface area (Å²) in [4.78, 5) is 22.3. The summed E-state index contributed by atoms with van der Waals surface area (Å²) < 4.78 is 16.9. The average molecular weight is 385 g/mol. The van der Waals surface area contributed by atoms with Crippen LogP contribution in [-0.2, 0) is 14.2 Å². The van der Waals surface area contributed by atoms with E-state index in [-0.39, 0.29) is 24.3 Å². The molecule has 1 saturated heterocycles. The fourth-order valence-corrected chi connectivity index (χ4v) is 2.68.